The van der Waals surface area contributed by atoms with Crippen LogP contribution in [0.25, 0.3) is 0 Å². The summed E-state index contributed by atoms with van der Waals surface area (Å²) in [4.78, 5) is 0. The van der Waals surface area contributed by atoms with Gasteiger partial charge in [-0.3, -0.25) is 0 Å². The van der Waals surface area contributed by atoms with E-state index in [-0.39, 0.29) is 18.8 Å². The molecule has 1 N–H and O–H groups in total. The van der Waals surface area contributed by atoms with Crippen molar-refractivity contribution >= 4 is 0 Å². The third-order valence-corrected chi connectivity index (χ3v) is 2.58. The predicted octanol–water partition coefficient (Wildman–Crippen LogP) is 0.972. The maximum atomic E-state index is 8.76. The summed E-state index contributed by atoms with van der Waals surface area (Å²) in [6, 6.07) is 7.75. The van der Waals surface area contributed by atoms with E-state index >= 15 is 0 Å². The van der Waals surface area contributed by atoms with E-state index in [2.05, 4.69) is 0 Å². The van der Waals surface area contributed by atoms with Crippen LogP contribution in [0.4, 0.5) is 0 Å². The average molecular weight is 224 g/mol. The van der Waals surface area contributed by atoms with Gasteiger partial charge in [0.05, 0.1) is 26.9 Å². The van der Waals surface area contributed by atoms with E-state index in [1.165, 1.54) is 0 Å². The molecule has 1 aliphatic rings. The van der Waals surface area contributed by atoms with Gasteiger partial charge in [0.25, 0.3) is 0 Å². The van der Waals surface area contributed by atoms with E-state index in [0.717, 1.165) is 11.3 Å². The first-order valence-corrected chi connectivity index (χ1v) is 5.30. The first kappa shape index (κ1) is 11.4. The van der Waals surface area contributed by atoms with Crippen molar-refractivity contribution in [3.63, 3.8) is 0 Å². The molecule has 0 saturated carbocycles. The fourth-order valence-electron chi connectivity index (χ4n) is 1.50. The lowest BCUT2D eigenvalue weighted by molar-refractivity contribution is 0.104. The van der Waals surface area contributed by atoms with Crippen molar-refractivity contribution in [1.82, 2.24) is 0 Å². The standard InChI is InChI=1S/C12H16O4/c1-14-10-4-2-9(3-5-10)7-15-8-12-11(6-13)16-12/h2-5,11-13H,6-8H2,1H3. The summed E-state index contributed by atoms with van der Waals surface area (Å²) in [7, 11) is 1.64. The lowest BCUT2D eigenvalue weighted by Crippen LogP contribution is -2.07. The highest BCUT2D eigenvalue weighted by molar-refractivity contribution is 5.26. The number of epoxide rings is 1. The van der Waals surface area contributed by atoms with Crippen molar-refractivity contribution in [3.8, 4) is 5.75 Å². The van der Waals surface area contributed by atoms with Gasteiger partial charge in [-0.25, -0.2) is 0 Å². The highest BCUT2D eigenvalue weighted by atomic mass is 16.6. The largest absolute Gasteiger partial charge is 0.497 e. The molecule has 4 heteroatoms. The minimum absolute atomic E-state index is 0.0177. The van der Waals surface area contributed by atoms with Crippen LogP contribution >= 0.6 is 0 Å². The van der Waals surface area contributed by atoms with Gasteiger partial charge >= 0.3 is 0 Å². The molecule has 1 aromatic carbocycles. The van der Waals surface area contributed by atoms with E-state index in [9.17, 15) is 0 Å². The molecule has 1 saturated heterocycles. The lowest BCUT2D eigenvalue weighted by atomic mass is 10.2. The molecule has 88 valence electrons. The normalized spacial score (nSPS) is 23.1. The minimum Gasteiger partial charge on any atom is -0.497 e. The third kappa shape index (κ3) is 2.95. The Hall–Kier alpha value is -1.10. The fraction of sp³-hybridized carbons (Fsp3) is 0.500. The zero-order valence-electron chi connectivity index (χ0n) is 9.26. The van der Waals surface area contributed by atoms with Crippen LogP contribution in [0, 0.1) is 0 Å². The van der Waals surface area contributed by atoms with Crippen LogP contribution in [0.5, 0.6) is 5.75 Å². The molecular formula is C12H16O4. The Bertz CT molecular complexity index is 322. The van der Waals surface area contributed by atoms with Gasteiger partial charge in [0.1, 0.15) is 18.0 Å². The van der Waals surface area contributed by atoms with E-state index < -0.39 is 0 Å². The Kier molecular flexibility index (Phi) is 3.77. The lowest BCUT2D eigenvalue weighted by Gasteiger charge is -2.04. The zero-order valence-corrected chi connectivity index (χ0v) is 9.26. The average Bonchev–Trinajstić information content (AvgIpc) is 3.09. The molecule has 0 aromatic heterocycles. The summed E-state index contributed by atoms with van der Waals surface area (Å²) in [5.74, 6) is 0.842. The molecule has 1 heterocycles. The van der Waals surface area contributed by atoms with Crippen molar-refractivity contribution in [3.05, 3.63) is 29.8 Å². The van der Waals surface area contributed by atoms with Crippen LogP contribution in [0.3, 0.4) is 0 Å². The molecule has 0 bridgehead atoms. The minimum atomic E-state index is -0.0177. The number of ether oxygens (including phenoxy) is 3. The molecule has 0 amide bonds. The molecule has 2 unspecified atom stereocenters. The van der Waals surface area contributed by atoms with Gasteiger partial charge in [0.15, 0.2) is 0 Å². The summed E-state index contributed by atoms with van der Waals surface area (Å²) < 4.78 is 15.7. The van der Waals surface area contributed by atoms with Crippen LogP contribution in [-0.2, 0) is 16.1 Å². The second-order valence-corrected chi connectivity index (χ2v) is 3.76. The molecule has 0 aliphatic carbocycles. The summed E-state index contributed by atoms with van der Waals surface area (Å²) in [6.45, 7) is 1.18. The second-order valence-electron chi connectivity index (χ2n) is 3.76. The van der Waals surface area contributed by atoms with Crippen LogP contribution in [0.2, 0.25) is 0 Å². The van der Waals surface area contributed by atoms with E-state index in [4.69, 9.17) is 19.3 Å². The van der Waals surface area contributed by atoms with Gasteiger partial charge in [0, 0.05) is 0 Å². The smallest absolute Gasteiger partial charge is 0.118 e. The Morgan fingerprint density at radius 3 is 2.56 bits per heavy atom. The van der Waals surface area contributed by atoms with Gasteiger partial charge in [-0.15, -0.1) is 0 Å². The number of hydrogen-bond acceptors (Lipinski definition) is 4. The summed E-state index contributed by atoms with van der Waals surface area (Å²) in [5.41, 5.74) is 1.10. The maximum absolute atomic E-state index is 8.76. The Morgan fingerprint density at radius 2 is 2.00 bits per heavy atom. The van der Waals surface area contributed by atoms with E-state index in [1.54, 1.807) is 7.11 Å². The topological polar surface area (TPSA) is 51.2 Å². The molecule has 16 heavy (non-hydrogen) atoms. The van der Waals surface area contributed by atoms with E-state index in [1.807, 2.05) is 24.3 Å². The zero-order chi connectivity index (χ0) is 11.4. The summed E-state index contributed by atoms with van der Waals surface area (Å²) >= 11 is 0. The first-order chi connectivity index (χ1) is 7.83. The summed E-state index contributed by atoms with van der Waals surface area (Å²) in [5, 5.41) is 8.76. The highest BCUT2D eigenvalue weighted by Crippen LogP contribution is 2.21. The number of methoxy groups -OCH3 is 1. The predicted molar refractivity (Wildman–Crippen MR) is 58.4 cm³/mol. The molecule has 2 atom stereocenters. The third-order valence-electron chi connectivity index (χ3n) is 2.58. The molecular weight excluding hydrogens is 208 g/mol. The van der Waals surface area contributed by atoms with Crippen LogP contribution < -0.4 is 4.74 Å². The van der Waals surface area contributed by atoms with Crippen LogP contribution in [-0.4, -0.2) is 37.6 Å². The Morgan fingerprint density at radius 1 is 1.25 bits per heavy atom. The van der Waals surface area contributed by atoms with Gasteiger partial charge in [-0.1, -0.05) is 12.1 Å². The number of aliphatic hydroxyl groups excluding tert-OH is 1. The Labute approximate surface area is 94.8 Å². The van der Waals surface area contributed by atoms with E-state index in [0.29, 0.717) is 13.2 Å². The molecule has 2 rings (SSSR count). The number of aliphatic hydroxyl groups is 1. The molecule has 1 aliphatic heterocycles. The van der Waals surface area contributed by atoms with Gasteiger partial charge in [0.2, 0.25) is 0 Å². The molecule has 1 aromatic rings. The fourth-order valence-corrected chi connectivity index (χ4v) is 1.50. The number of hydrogen-bond donors (Lipinski definition) is 1. The van der Waals surface area contributed by atoms with Crippen molar-refractivity contribution < 1.29 is 19.3 Å². The second kappa shape index (κ2) is 5.30. The number of rotatable bonds is 6. The van der Waals surface area contributed by atoms with Gasteiger partial charge in [-0.05, 0) is 17.7 Å². The number of benzene rings is 1. The maximum Gasteiger partial charge on any atom is 0.118 e. The first-order valence-electron chi connectivity index (χ1n) is 5.30. The van der Waals surface area contributed by atoms with Gasteiger partial charge in [-0.2, -0.15) is 0 Å². The van der Waals surface area contributed by atoms with Gasteiger partial charge < -0.3 is 19.3 Å². The molecule has 0 spiro atoms. The Balaban J connectivity index is 1.69. The van der Waals surface area contributed by atoms with Crippen LogP contribution in [0.1, 0.15) is 5.56 Å². The highest BCUT2D eigenvalue weighted by Gasteiger charge is 2.37. The molecule has 4 nitrogen and oxygen atoms in total. The molecule has 1 fully saturated rings. The van der Waals surface area contributed by atoms with Crippen molar-refractivity contribution in [1.29, 1.82) is 0 Å². The van der Waals surface area contributed by atoms with Crippen LogP contribution in [0.15, 0.2) is 24.3 Å². The quantitative estimate of drug-likeness (QED) is 0.732. The monoisotopic (exact) mass is 224 g/mol. The van der Waals surface area contributed by atoms with Crippen molar-refractivity contribution in [2.75, 3.05) is 20.3 Å². The summed E-state index contributed by atoms with van der Waals surface area (Å²) in [6.07, 6.45) is 0.0547. The SMILES string of the molecule is COc1ccc(COCC2OC2CO)cc1. The van der Waals surface area contributed by atoms with Crippen molar-refractivity contribution in [2.45, 2.75) is 18.8 Å². The molecule has 0 radical (unpaired) electrons. The van der Waals surface area contributed by atoms with Crippen molar-refractivity contribution in [2.24, 2.45) is 0 Å².